The summed E-state index contributed by atoms with van der Waals surface area (Å²) in [6.07, 6.45) is 2.95. The van der Waals surface area contributed by atoms with Crippen molar-refractivity contribution >= 4 is 5.91 Å². The summed E-state index contributed by atoms with van der Waals surface area (Å²) in [5.74, 6) is 0.0805. The van der Waals surface area contributed by atoms with E-state index in [1.165, 1.54) is 0 Å². The van der Waals surface area contributed by atoms with Gasteiger partial charge in [0.25, 0.3) is 0 Å². The third-order valence-corrected chi connectivity index (χ3v) is 2.65. The lowest BCUT2D eigenvalue weighted by Crippen LogP contribution is -2.44. The second-order valence-electron chi connectivity index (χ2n) is 3.85. The van der Waals surface area contributed by atoms with Gasteiger partial charge in [-0.1, -0.05) is 6.42 Å². The molecule has 1 aliphatic carbocycles. The summed E-state index contributed by atoms with van der Waals surface area (Å²) in [5, 5.41) is 2.86. The Morgan fingerprint density at radius 1 is 1.62 bits per heavy atom. The van der Waals surface area contributed by atoms with E-state index in [-0.39, 0.29) is 23.9 Å². The van der Waals surface area contributed by atoms with E-state index in [9.17, 15) is 4.79 Å². The molecular formula is C9H19N3O. The van der Waals surface area contributed by atoms with Crippen molar-refractivity contribution in [1.82, 2.24) is 5.32 Å². The number of nitrogens with two attached hydrogens (primary N) is 2. The minimum Gasteiger partial charge on any atom is -0.352 e. The van der Waals surface area contributed by atoms with Crippen LogP contribution in [-0.4, -0.2) is 24.5 Å². The van der Waals surface area contributed by atoms with Gasteiger partial charge in [0.1, 0.15) is 0 Å². The van der Waals surface area contributed by atoms with E-state index >= 15 is 0 Å². The number of hydrogen-bond acceptors (Lipinski definition) is 3. The van der Waals surface area contributed by atoms with Gasteiger partial charge in [-0.05, 0) is 19.8 Å². The maximum atomic E-state index is 11.6. The van der Waals surface area contributed by atoms with E-state index in [2.05, 4.69) is 5.32 Å². The topological polar surface area (TPSA) is 81.1 Å². The monoisotopic (exact) mass is 185 g/mol. The molecule has 4 heteroatoms. The maximum Gasteiger partial charge on any atom is 0.224 e. The Kier molecular flexibility index (Phi) is 3.69. The fourth-order valence-corrected chi connectivity index (χ4v) is 1.72. The maximum absolute atomic E-state index is 11.6. The van der Waals surface area contributed by atoms with Crippen LogP contribution in [0.25, 0.3) is 0 Å². The van der Waals surface area contributed by atoms with Crippen LogP contribution in [0.5, 0.6) is 0 Å². The van der Waals surface area contributed by atoms with Crippen LogP contribution in [-0.2, 0) is 4.79 Å². The molecule has 0 heterocycles. The normalized spacial score (nSPS) is 30.1. The fraction of sp³-hybridized carbons (Fsp3) is 0.889. The molecule has 1 saturated carbocycles. The Morgan fingerprint density at radius 2 is 2.31 bits per heavy atom. The highest BCUT2D eigenvalue weighted by Gasteiger charge is 2.30. The smallest absolute Gasteiger partial charge is 0.224 e. The zero-order valence-electron chi connectivity index (χ0n) is 8.12. The molecule has 0 aromatic heterocycles. The lowest BCUT2D eigenvalue weighted by atomic mass is 10.0. The van der Waals surface area contributed by atoms with Crippen LogP contribution in [0.1, 0.15) is 26.2 Å². The predicted octanol–water partition coefficient (Wildman–Crippen LogP) is -0.423. The molecule has 1 amide bonds. The average Bonchev–Trinajstić information content (AvgIpc) is 2.51. The molecule has 0 aromatic rings. The molecule has 0 radical (unpaired) electrons. The van der Waals surface area contributed by atoms with Crippen LogP contribution in [0.15, 0.2) is 0 Å². The molecule has 0 bridgehead atoms. The lowest BCUT2D eigenvalue weighted by molar-refractivity contribution is -0.125. The van der Waals surface area contributed by atoms with Crippen LogP contribution in [0.3, 0.4) is 0 Å². The second-order valence-corrected chi connectivity index (χ2v) is 3.85. The van der Waals surface area contributed by atoms with E-state index < -0.39 is 0 Å². The number of amides is 1. The molecule has 3 atom stereocenters. The second kappa shape index (κ2) is 4.58. The molecule has 5 N–H and O–H groups in total. The zero-order valence-corrected chi connectivity index (χ0v) is 8.12. The van der Waals surface area contributed by atoms with E-state index in [1.807, 2.05) is 6.92 Å². The molecule has 4 nitrogen and oxygen atoms in total. The van der Waals surface area contributed by atoms with Crippen molar-refractivity contribution in [2.24, 2.45) is 17.4 Å². The molecule has 13 heavy (non-hydrogen) atoms. The van der Waals surface area contributed by atoms with Gasteiger partial charge in [0.15, 0.2) is 0 Å². The first-order chi connectivity index (χ1) is 6.15. The Hall–Kier alpha value is -0.610. The number of carbonyl (C=O) groups is 1. The number of nitrogens with one attached hydrogen (secondary N) is 1. The molecule has 0 saturated heterocycles. The standard InChI is InChI=1S/C9H19N3O/c1-6(5-10)12-9(13)7-3-2-4-8(7)11/h6-8H,2-5,10-11H2,1H3,(H,12,13)/t6-,7?,8?/m0/s1. The van der Waals surface area contributed by atoms with Gasteiger partial charge in [-0.3, -0.25) is 4.79 Å². The van der Waals surface area contributed by atoms with E-state index in [4.69, 9.17) is 11.5 Å². The van der Waals surface area contributed by atoms with Crippen LogP contribution < -0.4 is 16.8 Å². The fourth-order valence-electron chi connectivity index (χ4n) is 1.72. The minimum absolute atomic E-state index is 0.00833. The third kappa shape index (κ3) is 2.67. The van der Waals surface area contributed by atoms with E-state index in [0.717, 1.165) is 19.3 Å². The highest BCUT2D eigenvalue weighted by atomic mass is 16.2. The molecule has 1 fully saturated rings. The summed E-state index contributed by atoms with van der Waals surface area (Å²) in [7, 11) is 0. The van der Waals surface area contributed by atoms with Crippen molar-refractivity contribution < 1.29 is 4.79 Å². The van der Waals surface area contributed by atoms with E-state index in [0.29, 0.717) is 6.54 Å². The first kappa shape index (κ1) is 10.5. The van der Waals surface area contributed by atoms with Gasteiger partial charge >= 0.3 is 0 Å². The number of rotatable bonds is 3. The molecule has 2 unspecified atom stereocenters. The largest absolute Gasteiger partial charge is 0.352 e. The quantitative estimate of drug-likeness (QED) is 0.558. The predicted molar refractivity (Wildman–Crippen MR) is 52.0 cm³/mol. The van der Waals surface area contributed by atoms with Gasteiger partial charge in [0, 0.05) is 18.6 Å². The van der Waals surface area contributed by atoms with Gasteiger partial charge in [-0.15, -0.1) is 0 Å². The Morgan fingerprint density at radius 3 is 2.77 bits per heavy atom. The van der Waals surface area contributed by atoms with Crippen molar-refractivity contribution in [3.8, 4) is 0 Å². The van der Waals surface area contributed by atoms with E-state index in [1.54, 1.807) is 0 Å². The summed E-state index contributed by atoms with van der Waals surface area (Å²) in [5.41, 5.74) is 11.2. The van der Waals surface area contributed by atoms with Crippen molar-refractivity contribution in [3.63, 3.8) is 0 Å². The van der Waals surface area contributed by atoms with Crippen LogP contribution >= 0.6 is 0 Å². The van der Waals surface area contributed by atoms with Gasteiger partial charge in [-0.25, -0.2) is 0 Å². The number of hydrogen-bond donors (Lipinski definition) is 3. The highest BCUT2D eigenvalue weighted by molar-refractivity contribution is 5.80. The summed E-state index contributed by atoms with van der Waals surface area (Å²) in [4.78, 5) is 11.6. The Labute approximate surface area is 79.0 Å². The Bertz CT molecular complexity index is 184. The molecule has 76 valence electrons. The first-order valence-corrected chi connectivity index (χ1v) is 4.91. The van der Waals surface area contributed by atoms with Crippen LogP contribution in [0.2, 0.25) is 0 Å². The zero-order chi connectivity index (χ0) is 9.84. The van der Waals surface area contributed by atoms with Gasteiger partial charge in [0.2, 0.25) is 5.91 Å². The summed E-state index contributed by atoms with van der Waals surface area (Å²) in [6.45, 7) is 2.38. The SMILES string of the molecule is C[C@@H](CN)NC(=O)C1CCCC1N. The van der Waals surface area contributed by atoms with Crippen LogP contribution in [0.4, 0.5) is 0 Å². The molecule has 0 spiro atoms. The van der Waals surface area contributed by atoms with Crippen molar-refractivity contribution in [2.45, 2.75) is 38.3 Å². The van der Waals surface area contributed by atoms with Crippen LogP contribution in [0, 0.1) is 5.92 Å². The minimum atomic E-state index is 0.00833. The molecule has 0 aliphatic heterocycles. The molecular weight excluding hydrogens is 166 g/mol. The molecule has 0 aromatic carbocycles. The average molecular weight is 185 g/mol. The van der Waals surface area contributed by atoms with Crippen molar-refractivity contribution in [1.29, 1.82) is 0 Å². The molecule has 1 aliphatic rings. The third-order valence-electron chi connectivity index (χ3n) is 2.65. The van der Waals surface area contributed by atoms with Gasteiger partial charge < -0.3 is 16.8 Å². The summed E-state index contributed by atoms with van der Waals surface area (Å²) >= 11 is 0. The first-order valence-electron chi connectivity index (χ1n) is 4.91. The number of carbonyl (C=O) groups excluding carboxylic acids is 1. The highest BCUT2D eigenvalue weighted by Crippen LogP contribution is 2.23. The Balaban J connectivity index is 2.38. The van der Waals surface area contributed by atoms with Gasteiger partial charge in [0.05, 0.1) is 5.92 Å². The summed E-state index contributed by atoms with van der Waals surface area (Å²) < 4.78 is 0. The van der Waals surface area contributed by atoms with Gasteiger partial charge in [-0.2, -0.15) is 0 Å². The summed E-state index contributed by atoms with van der Waals surface area (Å²) in [6, 6.07) is 0.102. The molecule has 1 rings (SSSR count). The van der Waals surface area contributed by atoms with Crippen molar-refractivity contribution in [3.05, 3.63) is 0 Å². The van der Waals surface area contributed by atoms with Crippen molar-refractivity contribution in [2.75, 3.05) is 6.54 Å². The lowest BCUT2D eigenvalue weighted by Gasteiger charge is -2.18.